The maximum Gasteiger partial charge on any atom is 0.347 e. The molecule has 0 bridgehead atoms. The molecule has 1 saturated heterocycles. The van der Waals surface area contributed by atoms with Gasteiger partial charge in [-0.3, -0.25) is 4.79 Å². The van der Waals surface area contributed by atoms with E-state index in [2.05, 4.69) is 99.8 Å². The van der Waals surface area contributed by atoms with E-state index in [1.54, 1.807) is 0 Å². The van der Waals surface area contributed by atoms with E-state index in [1.807, 2.05) is 30.3 Å². The zero-order valence-electron chi connectivity index (χ0n) is 33.0. The van der Waals surface area contributed by atoms with Crippen LogP contribution in [0.4, 0.5) is 0 Å². The van der Waals surface area contributed by atoms with Gasteiger partial charge in [0.15, 0.2) is 22.7 Å². The van der Waals surface area contributed by atoms with Crippen molar-refractivity contribution < 1.29 is 32.7 Å². The van der Waals surface area contributed by atoms with Crippen molar-refractivity contribution >= 4 is 28.6 Å². The SMILES string of the molecule is CCCC(Oc1ccccc1)C(=O)O[C@H]1C[C@H](O[Si](C)(C)C(C)(C)C)C=C2C=C[C@H](C)[C@H](CCC3C(=O)OCCC3O[Si](C)(C)C(C)(C)C)[C@H]21. The van der Waals surface area contributed by atoms with Crippen LogP contribution in [-0.4, -0.2) is 59.6 Å². The summed E-state index contributed by atoms with van der Waals surface area (Å²) in [5.41, 5.74) is 1.16. The highest BCUT2D eigenvalue weighted by Crippen LogP contribution is 2.47. The topological polar surface area (TPSA) is 80.3 Å². The molecule has 7 nitrogen and oxygen atoms in total. The lowest BCUT2D eigenvalue weighted by atomic mass is 9.66. The number of rotatable bonds is 13. The fourth-order valence-electron chi connectivity index (χ4n) is 7.09. The second kappa shape index (κ2) is 16.2. The second-order valence-electron chi connectivity index (χ2n) is 18.0. The number of ether oxygens (including phenoxy) is 3. The fraction of sp³-hybridized carbons (Fsp3) is 0.707. The fourth-order valence-corrected chi connectivity index (χ4v) is 9.76. The highest BCUT2D eigenvalue weighted by molar-refractivity contribution is 6.74. The van der Waals surface area contributed by atoms with Crippen LogP contribution in [0.5, 0.6) is 5.75 Å². The quantitative estimate of drug-likeness (QED) is 0.148. The van der Waals surface area contributed by atoms with E-state index in [4.69, 9.17) is 23.1 Å². The van der Waals surface area contributed by atoms with E-state index >= 15 is 0 Å². The van der Waals surface area contributed by atoms with E-state index in [0.29, 0.717) is 31.6 Å². The van der Waals surface area contributed by atoms with Gasteiger partial charge in [0, 0.05) is 18.8 Å². The van der Waals surface area contributed by atoms with Crippen LogP contribution in [0.2, 0.25) is 36.3 Å². The molecule has 0 amide bonds. The number of hydrogen-bond donors (Lipinski definition) is 0. The Balaban J connectivity index is 1.63. The van der Waals surface area contributed by atoms with Crippen LogP contribution in [0.25, 0.3) is 0 Å². The molecule has 4 rings (SSSR count). The first-order valence-electron chi connectivity index (χ1n) is 19.1. The van der Waals surface area contributed by atoms with Crippen molar-refractivity contribution in [2.75, 3.05) is 6.61 Å². The van der Waals surface area contributed by atoms with Crippen molar-refractivity contribution in [1.29, 1.82) is 0 Å². The van der Waals surface area contributed by atoms with Gasteiger partial charge in [-0.2, -0.15) is 0 Å². The highest BCUT2D eigenvalue weighted by atomic mass is 28.4. The van der Waals surface area contributed by atoms with Crippen LogP contribution < -0.4 is 4.74 Å². The van der Waals surface area contributed by atoms with Gasteiger partial charge >= 0.3 is 11.9 Å². The lowest BCUT2D eigenvalue weighted by Crippen LogP contribution is -2.50. The number of cyclic esters (lactones) is 1. The van der Waals surface area contributed by atoms with Crippen molar-refractivity contribution in [3.63, 3.8) is 0 Å². The smallest absolute Gasteiger partial charge is 0.347 e. The summed E-state index contributed by atoms with van der Waals surface area (Å²) in [5, 5.41) is 0.0880. The number of fused-ring (bicyclic) bond motifs is 1. The van der Waals surface area contributed by atoms with Crippen LogP contribution in [0.15, 0.2) is 54.1 Å². The Morgan fingerprint density at radius 3 is 2.20 bits per heavy atom. The van der Waals surface area contributed by atoms with E-state index < -0.39 is 22.7 Å². The maximum atomic E-state index is 14.0. The zero-order chi connectivity index (χ0) is 37.1. The summed E-state index contributed by atoms with van der Waals surface area (Å²) >= 11 is 0. The minimum absolute atomic E-state index is 0.0170. The Kier molecular flexibility index (Phi) is 13.2. The van der Waals surface area contributed by atoms with Gasteiger partial charge in [-0.15, -0.1) is 0 Å². The number of hydrogen-bond acceptors (Lipinski definition) is 7. The summed E-state index contributed by atoms with van der Waals surface area (Å²) in [6, 6.07) is 9.51. The number of carbonyl (C=O) groups is 2. The Bertz CT molecular complexity index is 1360. The van der Waals surface area contributed by atoms with E-state index in [1.165, 1.54) is 0 Å². The molecule has 9 heteroatoms. The Labute approximate surface area is 305 Å². The predicted octanol–water partition coefficient (Wildman–Crippen LogP) is 10.0. The molecule has 50 heavy (non-hydrogen) atoms. The van der Waals surface area contributed by atoms with Crippen LogP contribution >= 0.6 is 0 Å². The Morgan fingerprint density at radius 1 is 0.940 bits per heavy atom. The molecule has 0 aromatic heterocycles. The van der Waals surface area contributed by atoms with Crippen LogP contribution in [0.1, 0.15) is 93.9 Å². The van der Waals surface area contributed by atoms with Crippen molar-refractivity contribution in [1.82, 2.24) is 0 Å². The van der Waals surface area contributed by atoms with Crippen LogP contribution in [-0.2, 0) is 27.9 Å². The Morgan fingerprint density at radius 2 is 1.58 bits per heavy atom. The molecule has 3 unspecified atom stereocenters. The van der Waals surface area contributed by atoms with Gasteiger partial charge in [-0.1, -0.05) is 98.2 Å². The molecule has 0 saturated carbocycles. The third-order valence-corrected chi connectivity index (χ3v) is 21.2. The molecule has 1 heterocycles. The van der Waals surface area contributed by atoms with Crippen molar-refractivity contribution in [3.8, 4) is 5.75 Å². The summed E-state index contributed by atoms with van der Waals surface area (Å²) < 4.78 is 32.3. The molecule has 1 fully saturated rings. The number of allylic oxidation sites excluding steroid dienone is 2. The predicted molar refractivity (Wildman–Crippen MR) is 206 cm³/mol. The first-order chi connectivity index (χ1) is 23.2. The molecule has 1 aromatic carbocycles. The number of carbonyl (C=O) groups excluding carboxylic acids is 2. The number of esters is 2. The van der Waals surface area contributed by atoms with Gasteiger partial charge in [0.05, 0.1) is 24.7 Å². The molecule has 1 aliphatic heterocycles. The highest BCUT2D eigenvalue weighted by Gasteiger charge is 2.48. The van der Waals surface area contributed by atoms with E-state index in [0.717, 1.165) is 24.8 Å². The molecular weight excluding hydrogens is 661 g/mol. The van der Waals surface area contributed by atoms with E-state index in [9.17, 15) is 9.59 Å². The second-order valence-corrected chi connectivity index (χ2v) is 27.5. The summed E-state index contributed by atoms with van der Waals surface area (Å²) in [7, 11) is -4.22. The minimum Gasteiger partial charge on any atom is -0.479 e. The lowest BCUT2D eigenvalue weighted by Gasteiger charge is -2.46. The first-order valence-corrected chi connectivity index (χ1v) is 24.9. The summed E-state index contributed by atoms with van der Waals surface area (Å²) in [5.74, 6) is 0.264. The lowest BCUT2D eigenvalue weighted by molar-refractivity contribution is -0.163. The van der Waals surface area contributed by atoms with Crippen molar-refractivity contribution in [3.05, 3.63) is 54.1 Å². The molecular formula is C41H66O7Si2. The van der Waals surface area contributed by atoms with Crippen LogP contribution in [0.3, 0.4) is 0 Å². The summed E-state index contributed by atoms with van der Waals surface area (Å²) in [6.45, 7) is 27.2. The minimum atomic E-state index is -2.12. The van der Waals surface area contributed by atoms with Gasteiger partial charge in [-0.05, 0) is 85.1 Å². The number of benzene rings is 1. The van der Waals surface area contributed by atoms with Gasteiger partial charge in [0.1, 0.15) is 11.9 Å². The molecule has 0 N–H and O–H groups in total. The third kappa shape index (κ3) is 9.81. The number of para-hydroxylation sites is 1. The van der Waals surface area contributed by atoms with E-state index in [-0.39, 0.29) is 64.0 Å². The largest absolute Gasteiger partial charge is 0.479 e. The molecule has 2 aliphatic carbocycles. The molecule has 0 radical (unpaired) electrons. The third-order valence-electron chi connectivity index (χ3n) is 12.2. The van der Waals surface area contributed by atoms with Crippen molar-refractivity contribution in [2.45, 2.75) is 155 Å². The normalized spacial score (nSPS) is 28.3. The van der Waals surface area contributed by atoms with Gasteiger partial charge in [0.2, 0.25) is 0 Å². The Hall–Kier alpha value is -2.21. The zero-order valence-corrected chi connectivity index (χ0v) is 35.0. The van der Waals surface area contributed by atoms with Gasteiger partial charge in [-0.25, -0.2) is 4.79 Å². The molecule has 3 aliphatic rings. The maximum absolute atomic E-state index is 14.0. The molecule has 280 valence electrons. The molecule has 0 spiro atoms. The summed E-state index contributed by atoms with van der Waals surface area (Å²) in [4.78, 5) is 27.4. The van der Waals surface area contributed by atoms with Crippen molar-refractivity contribution in [2.24, 2.45) is 23.7 Å². The summed E-state index contributed by atoms with van der Waals surface area (Å²) in [6.07, 6.45) is 9.55. The average molecular weight is 727 g/mol. The monoisotopic (exact) mass is 726 g/mol. The molecule has 1 aromatic rings. The first kappa shape index (κ1) is 40.6. The molecule has 8 atom stereocenters. The van der Waals surface area contributed by atoms with Crippen LogP contribution in [0, 0.1) is 23.7 Å². The average Bonchev–Trinajstić information content (AvgIpc) is 3.00. The standard InChI is InChI=1S/C41H66O7Si2/c1-13-17-35(45-30-18-15-14-16-19-30)39(43)46-36-27-31(47-49(9,10)40(3,4)5)26-29-21-20-28(2)32(37(29)36)22-23-33-34(24-25-44-38(33)42)48-50(11,12)41(6,7)8/h14-16,18-21,26,28,31-37H,13,17,22-25,27H2,1-12H3/t28-,31+,32-,33?,34?,35?,36-,37-/m0/s1. The van der Waals surface area contributed by atoms with Gasteiger partial charge < -0.3 is 23.1 Å². The van der Waals surface area contributed by atoms with Gasteiger partial charge in [0.25, 0.3) is 0 Å².